The van der Waals surface area contributed by atoms with Gasteiger partial charge in [-0.25, -0.2) is 0 Å². The number of aryl methyl sites for hydroxylation is 2. The summed E-state index contributed by atoms with van der Waals surface area (Å²) in [5.74, 6) is -0.797. The lowest BCUT2D eigenvalue weighted by Gasteiger charge is -2.29. The van der Waals surface area contributed by atoms with Gasteiger partial charge in [0.05, 0.1) is 11.3 Å². The number of hydrogen-bond acceptors (Lipinski definition) is 5. The highest BCUT2D eigenvalue weighted by molar-refractivity contribution is 7.80. The summed E-state index contributed by atoms with van der Waals surface area (Å²) in [5.41, 5.74) is 6.76. The summed E-state index contributed by atoms with van der Waals surface area (Å²) in [6, 6.07) is 19.1. The number of thiocarbonyl (C=S) groups is 1. The minimum absolute atomic E-state index is 0.000644. The molecule has 2 aromatic heterocycles. The van der Waals surface area contributed by atoms with Crippen LogP contribution in [0.25, 0.3) is 11.1 Å². The number of benzene rings is 2. The third-order valence-electron chi connectivity index (χ3n) is 8.30. The van der Waals surface area contributed by atoms with Crippen LogP contribution in [0.4, 0.5) is 11.4 Å². The van der Waals surface area contributed by atoms with E-state index in [-0.39, 0.29) is 16.6 Å². The molecule has 0 atom stereocenters. The van der Waals surface area contributed by atoms with Gasteiger partial charge in [0.2, 0.25) is 0 Å². The number of carbonyl (C=O) groups is 3. The fraction of sp³-hybridized carbons (Fsp3) is 0.257. The second-order valence-corrected chi connectivity index (χ2v) is 13.0. The highest BCUT2D eigenvalue weighted by Crippen LogP contribution is 2.39. The van der Waals surface area contributed by atoms with Crippen LogP contribution in [0.2, 0.25) is 0 Å². The van der Waals surface area contributed by atoms with Crippen LogP contribution < -0.4 is 15.5 Å². The Labute approximate surface area is 266 Å². The van der Waals surface area contributed by atoms with Gasteiger partial charge in [0, 0.05) is 22.0 Å². The van der Waals surface area contributed by atoms with Crippen molar-refractivity contribution in [3.8, 4) is 5.00 Å². The zero-order chi connectivity index (χ0) is 31.1. The SMILES string of the molecule is Cc1cc(/C=C2\C(=O)NC(=S)N(c3ccc(C(C)C)cc3)C2=O)c(C)n1-c1sc2c(c1C(=O)Nc1ccccc1)CCCC2. The maximum Gasteiger partial charge on any atom is 0.270 e. The molecule has 0 spiro atoms. The van der Waals surface area contributed by atoms with E-state index in [1.54, 1.807) is 17.4 Å². The largest absolute Gasteiger partial charge is 0.322 e. The Balaban J connectivity index is 1.39. The Bertz CT molecular complexity index is 1830. The van der Waals surface area contributed by atoms with Gasteiger partial charge in [0.15, 0.2) is 5.11 Å². The van der Waals surface area contributed by atoms with E-state index in [9.17, 15) is 14.4 Å². The molecule has 1 fully saturated rings. The number of thiophene rings is 1. The molecule has 1 aliphatic heterocycles. The summed E-state index contributed by atoms with van der Waals surface area (Å²) in [4.78, 5) is 43.2. The summed E-state index contributed by atoms with van der Waals surface area (Å²) in [7, 11) is 0. The Kier molecular flexibility index (Phi) is 8.09. The maximum atomic E-state index is 13.8. The molecule has 224 valence electrons. The van der Waals surface area contributed by atoms with Gasteiger partial charge in [-0.05, 0) is 111 Å². The minimum Gasteiger partial charge on any atom is -0.322 e. The van der Waals surface area contributed by atoms with E-state index in [4.69, 9.17) is 12.2 Å². The van der Waals surface area contributed by atoms with Crippen LogP contribution in [0.15, 0.2) is 66.2 Å². The molecule has 3 amide bonds. The standard InChI is InChI=1S/C35H34N4O3S2/c1-20(2)23-14-16-26(17-15-23)39-33(42)28(31(40)37-35(39)43)19-24-18-21(3)38(22(24)4)34-30(27-12-8-9-13-29(27)44-34)32(41)36-25-10-6-5-7-11-25/h5-7,10-11,14-20H,8-9,12-13H2,1-4H3,(H,36,41)(H,37,40,43)/b28-19+. The summed E-state index contributed by atoms with van der Waals surface area (Å²) >= 11 is 7.07. The molecule has 1 saturated heterocycles. The Morgan fingerprint density at radius 3 is 2.43 bits per heavy atom. The van der Waals surface area contributed by atoms with E-state index < -0.39 is 11.8 Å². The normalized spacial score (nSPS) is 16.0. The van der Waals surface area contributed by atoms with E-state index in [0.29, 0.717) is 17.2 Å². The van der Waals surface area contributed by atoms with Crippen molar-refractivity contribution >= 4 is 63.8 Å². The molecule has 2 aliphatic rings. The van der Waals surface area contributed by atoms with E-state index in [2.05, 4.69) is 29.0 Å². The molecule has 7 nitrogen and oxygen atoms in total. The molecule has 2 N–H and O–H groups in total. The van der Waals surface area contributed by atoms with Crippen molar-refractivity contribution < 1.29 is 14.4 Å². The number of anilines is 2. The van der Waals surface area contributed by atoms with Gasteiger partial charge < -0.3 is 9.88 Å². The second kappa shape index (κ2) is 12.0. The first-order chi connectivity index (χ1) is 21.1. The van der Waals surface area contributed by atoms with E-state index >= 15 is 0 Å². The molecule has 0 unspecified atom stereocenters. The van der Waals surface area contributed by atoms with Crippen molar-refractivity contribution in [2.24, 2.45) is 0 Å². The summed E-state index contributed by atoms with van der Waals surface area (Å²) in [6.07, 6.45) is 5.59. The lowest BCUT2D eigenvalue weighted by Crippen LogP contribution is -2.54. The second-order valence-electron chi connectivity index (χ2n) is 11.6. The summed E-state index contributed by atoms with van der Waals surface area (Å²) < 4.78 is 2.08. The van der Waals surface area contributed by atoms with Crippen LogP contribution in [0, 0.1) is 13.8 Å². The van der Waals surface area contributed by atoms with Gasteiger partial charge in [-0.3, -0.25) is 24.6 Å². The van der Waals surface area contributed by atoms with E-state index in [0.717, 1.165) is 64.4 Å². The molecule has 4 aromatic rings. The van der Waals surface area contributed by atoms with Crippen LogP contribution in [0.1, 0.15) is 75.9 Å². The molecule has 0 radical (unpaired) electrons. The lowest BCUT2D eigenvalue weighted by molar-refractivity contribution is -0.122. The number of carbonyl (C=O) groups excluding carboxylic acids is 3. The number of para-hydroxylation sites is 1. The zero-order valence-electron chi connectivity index (χ0n) is 25.2. The first kappa shape index (κ1) is 29.7. The number of aromatic nitrogens is 1. The summed E-state index contributed by atoms with van der Waals surface area (Å²) in [6.45, 7) is 8.14. The molecule has 0 saturated carbocycles. The fourth-order valence-corrected chi connectivity index (χ4v) is 7.74. The minimum atomic E-state index is -0.533. The van der Waals surface area contributed by atoms with Crippen LogP contribution in [-0.2, 0) is 22.4 Å². The molecule has 6 rings (SSSR count). The van der Waals surface area contributed by atoms with Gasteiger partial charge in [-0.1, -0.05) is 44.2 Å². The molecule has 0 bridgehead atoms. The number of amides is 3. The Morgan fingerprint density at radius 1 is 1.02 bits per heavy atom. The third-order valence-corrected chi connectivity index (χ3v) is 9.87. The smallest absolute Gasteiger partial charge is 0.270 e. The number of nitrogens with zero attached hydrogens (tertiary/aromatic N) is 2. The number of fused-ring (bicyclic) bond motifs is 1. The number of rotatable bonds is 6. The van der Waals surface area contributed by atoms with Crippen molar-refractivity contribution in [2.45, 2.75) is 59.3 Å². The van der Waals surface area contributed by atoms with Gasteiger partial charge in [0.25, 0.3) is 17.7 Å². The van der Waals surface area contributed by atoms with Crippen molar-refractivity contribution in [2.75, 3.05) is 10.2 Å². The van der Waals surface area contributed by atoms with Crippen LogP contribution in [0.5, 0.6) is 0 Å². The topological polar surface area (TPSA) is 83.4 Å². The maximum absolute atomic E-state index is 13.8. The molecule has 2 aromatic carbocycles. The Hall–Kier alpha value is -4.34. The average molecular weight is 623 g/mol. The van der Waals surface area contributed by atoms with Crippen molar-refractivity contribution in [3.05, 3.63) is 105 Å². The van der Waals surface area contributed by atoms with Crippen molar-refractivity contribution in [3.63, 3.8) is 0 Å². The molecule has 44 heavy (non-hydrogen) atoms. The van der Waals surface area contributed by atoms with Crippen LogP contribution in [-0.4, -0.2) is 27.4 Å². The highest BCUT2D eigenvalue weighted by Gasteiger charge is 2.35. The first-order valence-corrected chi connectivity index (χ1v) is 16.1. The highest BCUT2D eigenvalue weighted by atomic mass is 32.1. The van der Waals surface area contributed by atoms with E-state index in [1.807, 2.05) is 74.5 Å². The van der Waals surface area contributed by atoms with Crippen LogP contribution in [0.3, 0.4) is 0 Å². The van der Waals surface area contributed by atoms with Gasteiger partial charge in [0.1, 0.15) is 10.6 Å². The molecular formula is C35H34N4O3S2. The predicted octanol–water partition coefficient (Wildman–Crippen LogP) is 7.24. The predicted molar refractivity (Wildman–Crippen MR) is 181 cm³/mol. The van der Waals surface area contributed by atoms with E-state index in [1.165, 1.54) is 9.78 Å². The fourth-order valence-electron chi connectivity index (χ4n) is 5.96. The molecule has 3 heterocycles. The number of nitrogens with one attached hydrogen (secondary N) is 2. The quantitative estimate of drug-likeness (QED) is 0.135. The van der Waals surface area contributed by atoms with Gasteiger partial charge in [-0.15, -0.1) is 11.3 Å². The van der Waals surface area contributed by atoms with Gasteiger partial charge >= 0.3 is 0 Å². The van der Waals surface area contributed by atoms with Crippen molar-refractivity contribution in [1.82, 2.24) is 9.88 Å². The van der Waals surface area contributed by atoms with Crippen LogP contribution >= 0.6 is 23.6 Å². The van der Waals surface area contributed by atoms with Gasteiger partial charge in [-0.2, -0.15) is 0 Å². The molecular weight excluding hydrogens is 589 g/mol. The Morgan fingerprint density at radius 2 is 1.73 bits per heavy atom. The summed E-state index contributed by atoms with van der Waals surface area (Å²) in [5, 5.41) is 6.69. The lowest BCUT2D eigenvalue weighted by atomic mass is 9.95. The molecule has 1 aliphatic carbocycles. The number of hydrogen-bond donors (Lipinski definition) is 2. The zero-order valence-corrected chi connectivity index (χ0v) is 26.8. The average Bonchev–Trinajstić information content (AvgIpc) is 3.51. The first-order valence-electron chi connectivity index (χ1n) is 14.9. The third kappa shape index (κ3) is 5.42. The molecule has 9 heteroatoms. The monoisotopic (exact) mass is 622 g/mol. The van der Waals surface area contributed by atoms with Crippen molar-refractivity contribution in [1.29, 1.82) is 0 Å².